The molecule has 1 aromatic rings. The molecule has 7 heteroatoms. The van der Waals surface area contributed by atoms with Gasteiger partial charge in [-0.2, -0.15) is 0 Å². The van der Waals surface area contributed by atoms with Crippen molar-refractivity contribution in [2.45, 2.75) is 12.5 Å². The number of hydrogen-bond donors (Lipinski definition) is 2. The summed E-state index contributed by atoms with van der Waals surface area (Å²) in [5.41, 5.74) is 0.467. The number of rotatable bonds is 6. The van der Waals surface area contributed by atoms with Crippen LogP contribution in [0.3, 0.4) is 0 Å². The zero-order valence-corrected chi connectivity index (χ0v) is 9.57. The molecule has 0 aliphatic carbocycles. The molecule has 0 aliphatic rings. The highest BCUT2D eigenvalue weighted by Crippen LogP contribution is 1.99. The number of ether oxygens (including phenoxy) is 1. The molecule has 2 N–H and O–H groups in total. The molecule has 1 atom stereocenters. The number of amides is 1. The topological polar surface area (TPSA) is 101 Å². The third-order valence-corrected chi connectivity index (χ3v) is 1.95. The molecule has 0 bridgehead atoms. The zero-order chi connectivity index (χ0) is 13.4. The monoisotopic (exact) mass is 251 g/mol. The fourth-order valence-electron chi connectivity index (χ4n) is 1.16. The minimum Gasteiger partial charge on any atom is -0.480 e. The summed E-state index contributed by atoms with van der Waals surface area (Å²) in [4.78, 5) is 30.0. The summed E-state index contributed by atoms with van der Waals surface area (Å²) < 4.78 is 4.64. The van der Waals surface area contributed by atoms with Gasteiger partial charge < -0.3 is 15.2 Å². The molecule has 0 unspecified atom stereocenters. The van der Waals surface area contributed by atoms with Crippen molar-refractivity contribution in [2.75, 3.05) is 6.61 Å². The van der Waals surface area contributed by atoms with Crippen molar-refractivity contribution < 1.29 is 19.4 Å². The predicted molar refractivity (Wildman–Crippen MR) is 61.8 cm³/mol. The molecule has 0 aliphatic heterocycles. The molecule has 0 fully saturated rings. The average molecular weight is 251 g/mol. The Morgan fingerprint density at radius 2 is 2.33 bits per heavy atom. The average Bonchev–Trinajstić information content (AvgIpc) is 2.36. The number of nitrogens with one attached hydrogen (secondary N) is 1. The van der Waals surface area contributed by atoms with Crippen LogP contribution >= 0.6 is 0 Å². The minimum absolute atomic E-state index is 0.0172. The van der Waals surface area contributed by atoms with Crippen LogP contribution in [0.4, 0.5) is 4.79 Å². The van der Waals surface area contributed by atoms with Crippen molar-refractivity contribution in [3.63, 3.8) is 0 Å². The number of aliphatic carboxylic acids is 1. The van der Waals surface area contributed by atoms with E-state index < -0.39 is 18.1 Å². The molecule has 0 saturated heterocycles. The van der Waals surface area contributed by atoms with Gasteiger partial charge in [-0.3, -0.25) is 9.97 Å². The van der Waals surface area contributed by atoms with Gasteiger partial charge in [-0.05, 0) is 0 Å². The highest BCUT2D eigenvalue weighted by atomic mass is 16.5. The Labute approximate surface area is 104 Å². The van der Waals surface area contributed by atoms with Gasteiger partial charge in [-0.25, -0.2) is 9.59 Å². The van der Waals surface area contributed by atoms with Crippen LogP contribution in [0.1, 0.15) is 5.69 Å². The van der Waals surface area contributed by atoms with Crippen molar-refractivity contribution >= 4 is 12.1 Å². The van der Waals surface area contributed by atoms with E-state index in [1.54, 1.807) is 0 Å². The quantitative estimate of drug-likeness (QED) is 0.709. The Bertz CT molecular complexity index is 422. The van der Waals surface area contributed by atoms with Gasteiger partial charge >= 0.3 is 12.1 Å². The van der Waals surface area contributed by atoms with E-state index in [1.165, 1.54) is 24.7 Å². The fourth-order valence-corrected chi connectivity index (χ4v) is 1.16. The van der Waals surface area contributed by atoms with Crippen LogP contribution in [0.2, 0.25) is 0 Å². The first-order chi connectivity index (χ1) is 8.63. The molecule has 7 nitrogen and oxygen atoms in total. The molecule has 1 aromatic heterocycles. The van der Waals surface area contributed by atoms with E-state index >= 15 is 0 Å². The molecule has 18 heavy (non-hydrogen) atoms. The maximum atomic E-state index is 11.2. The molecule has 0 spiro atoms. The van der Waals surface area contributed by atoms with Gasteiger partial charge in [0.1, 0.15) is 12.6 Å². The van der Waals surface area contributed by atoms with Gasteiger partial charge in [0.2, 0.25) is 0 Å². The lowest BCUT2D eigenvalue weighted by Gasteiger charge is -2.13. The van der Waals surface area contributed by atoms with E-state index in [0.717, 1.165) is 0 Å². The van der Waals surface area contributed by atoms with Crippen LogP contribution in [-0.4, -0.2) is 39.8 Å². The fraction of sp³-hybridized carbons (Fsp3) is 0.273. The Morgan fingerprint density at radius 1 is 1.56 bits per heavy atom. The van der Waals surface area contributed by atoms with E-state index in [-0.39, 0.29) is 13.0 Å². The second kappa shape index (κ2) is 7.00. The van der Waals surface area contributed by atoms with E-state index in [1.807, 2.05) is 0 Å². The van der Waals surface area contributed by atoms with Gasteiger partial charge in [0.05, 0.1) is 5.69 Å². The SMILES string of the molecule is C=CCOC(=O)N[C@@H](Cc1cnccn1)C(=O)O. The Morgan fingerprint density at radius 3 is 2.89 bits per heavy atom. The van der Waals surface area contributed by atoms with Gasteiger partial charge in [-0.1, -0.05) is 12.7 Å². The summed E-state index contributed by atoms with van der Waals surface area (Å²) in [7, 11) is 0. The Hall–Kier alpha value is -2.44. The van der Waals surface area contributed by atoms with Crippen LogP contribution in [-0.2, 0) is 16.0 Å². The Balaban J connectivity index is 2.58. The van der Waals surface area contributed by atoms with Crippen molar-refractivity contribution in [3.05, 3.63) is 36.9 Å². The molecule has 1 heterocycles. The minimum atomic E-state index is -1.17. The number of carboxylic acid groups (broad SMARTS) is 1. The van der Waals surface area contributed by atoms with Crippen molar-refractivity contribution in [3.8, 4) is 0 Å². The number of carbonyl (C=O) groups is 2. The molecular weight excluding hydrogens is 238 g/mol. The second-order valence-corrected chi connectivity index (χ2v) is 3.32. The standard InChI is InChI=1S/C11H13N3O4/c1-2-5-18-11(17)14-9(10(15)16)6-8-7-12-3-4-13-8/h2-4,7,9H,1,5-6H2,(H,14,17)(H,15,16)/t9-/m0/s1. The molecule has 0 radical (unpaired) electrons. The summed E-state index contributed by atoms with van der Waals surface area (Å²) in [6.07, 6.45) is 4.97. The lowest BCUT2D eigenvalue weighted by Crippen LogP contribution is -2.42. The maximum Gasteiger partial charge on any atom is 0.408 e. The van der Waals surface area contributed by atoms with Gasteiger partial charge in [0.15, 0.2) is 0 Å². The highest BCUT2D eigenvalue weighted by molar-refractivity contribution is 5.80. The van der Waals surface area contributed by atoms with Crippen LogP contribution in [0.5, 0.6) is 0 Å². The number of nitrogens with zero attached hydrogens (tertiary/aromatic N) is 2. The van der Waals surface area contributed by atoms with Gasteiger partial charge in [0, 0.05) is 25.0 Å². The van der Waals surface area contributed by atoms with Crippen molar-refractivity contribution in [1.29, 1.82) is 0 Å². The Kier molecular flexibility index (Phi) is 5.30. The molecular formula is C11H13N3O4. The lowest BCUT2D eigenvalue weighted by molar-refractivity contribution is -0.139. The number of alkyl carbamates (subject to hydrolysis) is 1. The summed E-state index contributed by atoms with van der Waals surface area (Å²) in [5.74, 6) is -1.17. The van der Waals surface area contributed by atoms with Crippen LogP contribution in [0.25, 0.3) is 0 Å². The molecule has 1 amide bonds. The third kappa shape index (κ3) is 4.60. The molecule has 0 aromatic carbocycles. The first-order valence-electron chi connectivity index (χ1n) is 5.15. The molecule has 1 rings (SSSR count). The first-order valence-corrected chi connectivity index (χ1v) is 5.15. The lowest BCUT2D eigenvalue weighted by atomic mass is 10.1. The second-order valence-electron chi connectivity index (χ2n) is 3.32. The van der Waals surface area contributed by atoms with Gasteiger partial charge in [-0.15, -0.1) is 0 Å². The zero-order valence-electron chi connectivity index (χ0n) is 9.57. The van der Waals surface area contributed by atoms with E-state index in [9.17, 15) is 9.59 Å². The summed E-state index contributed by atoms with van der Waals surface area (Å²) >= 11 is 0. The van der Waals surface area contributed by atoms with Crippen LogP contribution in [0, 0.1) is 0 Å². The predicted octanol–water partition coefficient (Wildman–Crippen LogP) is 0.384. The third-order valence-electron chi connectivity index (χ3n) is 1.95. The number of aromatic nitrogens is 2. The van der Waals surface area contributed by atoms with E-state index in [4.69, 9.17) is 5.11 Å². The van der Waals surface area contributed by atoms with E-state index in [0.29, 0.717) is 5.69 Å². The summed E-state index contributed by atoms with van der Waals surface area (Å²) in [6, 6.07) is -1.11. The van der Waals surface area contributed by atoms with Crippen LogP contribution in [0.15, 0.2) is 31.2 Å². The number of carboxylic acids is 1. The molecule has 96 valence electrons. The normalized spacial score (nSPS) is 11.3. The van der Waals surface area contributed by atoms with Crippen molar-refractivity contribution in [2.24, 2.45) is 0 Å². The van der Waals surface area contributed by atoms with Crippen LogP contribution < -0.4 is 5.32 Å². The van der Waals surface area contributed by atoms with Gasteiger partial charge in [0.25, 0.3) is 0 Å². The van der Waals surface area contributed by atoms with Crippen molar-refractivity contribution in [1.82, 2.24) is 15.3 Å². The maximum absolute atomic E-state index is 11.2. The summed E-state index contributed by atoms with van der Waals surface area (Å²) in [6.45, 7) is 3.39. The van der Waals surface area contributed by atoms with E-state index in [2.05, 4.69) is 26.6 Å². The number of hydrogen-bond acceptors (Lipinski definition) is 5. The number of carbonyl (C=O) groups excluding carboxylic acids is 1. The smallest absolute Gasteiger partial charge is 0.408 e. The first kappa shape index (κ1) is 13.6. The molecule has 0 saturated carbocycles. The largest absolute Gasteiger partial charge is 0.480 e. The highest BCUT2D eigenvalue weighted by Gasteiger charge is 2.21. The summed E-state index contributed by atoms with van der Waals surface area (Å²) in [5, 5.41) is 11.2.